The summed E-state index contributed by atoms with van der Waals surface area (Å²) in [5, 5.41) is 2.53. The lowest BCUT2D eigenvalue weighted by atomic mass is 9.82. The molecule has 0 aliphatic heterocycles. The topological polar surface area (TPSA) is 3.24 Å². The number of nitrogens with zero attached hydrogens (tertiary/aromatic N) is 1. The van der Waals surface area contributed by atoms with Gasteiger partial charge in [-0.2, -0.15) is 0 Å². The van der Waals surface area contributed by atoms with Crippen LogP contribution in [0.25, 0.3) is 55.3 Å². The third kappa shape index (κ3) is 5.25. The van der Waals surface area contributed by atoms with Gasteiger partial charge in [-0.3, -0.25) is 0 Å². The van der Waals surface area contributed by atoms with Crippen molar-refractivity contribution in [2.75, 3.05) is 4.90 Å². The normalized spacial score (nSPS) is 12.8. The fourth-order valence-corrected chi connectivity index (χ4v) is 8.16. The summed E-state index contributed by atoms with van der Waals surface area (Å²) < 4.78 is 0. The van der Waals surface area contributed by atoms with Crippen molar-refractivity contribution in [3.05, 3.63) is 199 Å². The summed E-state index contributed by atoms with van der Waals surface area (Å²) in [5.41, 5.74) is 17.4. The van der Waals surface area contributed by atoms with Crippen LogP contribution in [0.3, 0.4) is 0 Å². The lowest BCUT2D eigenvalue weighted by Crippen LogP contribution is -2.16. The summed E-state index contributed by atoms with van der Waals surface area (Å²) >= 11 is 0. The number of anilines is 3. The third-order valence-corrected chi connectivity index (χ3v) is 10.8. The van der Waals surface area contributed by atoms with Crippen molar-refractivity contribution >= 4 is 27.8 Å². The molecule has 0 fully saturated rings. The number of rotatable bonds is 6. The summed E-state index contributed by atoms with van der Waals surface area (Å²) in [4.78, 5) is 2.40. The smallest absolute Gasteiger partial charge is 0.0465 e. The Kier molecular flexibility index (Phi) is 7.44. The first-order valence-electron chi connectivity index (χ1n) is 17.9. The minimum Gasteiger partial charge on any atom is -0.310 e. The van der Waals surface area contributed by atoms with E-state index in [2.05, 4.69) is 208 Å². The van der Waals surface area contributed by atoms with E-state index in [9.17, 15) is 0 Å². The SMILES string of the molecule is Cc1ccccc1-c1c(-c2ccc(N(c3ccc(-c4ccccc4)cc3)c3ccc4c(c3)C(C)(C)c3ccccc3-4)cc2)ccc2ccccc12. The molecule has 1 aliphatic carbocycles. The first-order valence-corrected chi connectivity index (χ1v) is 17.9. The molecule has 0 aromatic heterocycles. The minimum atomic E-state index is -0.0866. The number of hydrogen-bond acceptors (Lipinski definition) is 1. The van der Waals surface area contributed by atoms with E-state index in [0.29, 0.717) is 0 Å². The molecule has 8 aromatic rings. The zero-order valence-corrected chi connectivity index (χ0v) is 29.3. The van der Waals surface area contributed by atoms with Gasteiger partial charge in [-0.05, 0) is 115 Å². The van der Waals surface area contributed by atoms with Gasteiger partial charge in [0.05, 0.1) is 0 Å². The summed E-state index contributed by atoms with van der Waals surface area (Å²) in [5.74, 6) is 0. The Morgan fingerprint density at radius 1 is 0.392 bits per heavy atom. The molecule has 0 saturated heterocycles. The lowest BCUT2D eigenvalue weighted by molar-refractivity contribution is 0.660. The summed E-state index contributed by atoms with van der Waals surface area (Å²) in [7, 11) is 0. The van der Waals surface area contributed by atoms with E-state index >= 15 is 0 Å². The molecular formula is C50H39N. The summed E-state index contributed by atoms with van der Waals surface area (Å²) in [6.07, 6.45) is 0. The molecule has 0 atom stereocenters. The highest BCUT2D eigenvalue weighted by Gasteiger charge is 2.35. The van der Waals surface area contributed by atoms with Crippen LogP contribution in [0.2, 0.25) is 0 Å². The Morgan fingerprint density at radius 2 is 0.941 bits per heavy atom. The molecule has 244 valence electrons. The van der Waals surface area contributed by atoms with Crippen molar-refractivity contribution < 1.29 is 0 Å². The number of fused-ring (bicyclic) bond motifs is 4. The maximum Gasteiger partial charge on any atom is 0.0465 e. The molecule has 0 heterocycles. The Hall–Kier alpha value is -6.18. The fourth-order valence-electron chi connectivity index (χ4n) is 8.16. The van der Waals surface area contributed by atoms with Crippen LogP contribution in [-0.4, -0.2) is 0 Å². The van der Waals surface area contributed by atoms with E-state index in [0.717, 1.165) is 17.1 Å². The highest BCUT2D eigenvalue weighted by molar-refractivity contribution is 6.05. The first-order chi connectivity index (χ1) is 25.0. The van der Waals surface area contributed by atoms with Crippen molar-refractivity contribution in [2.45, 2.75) is 26.2 Å². The predicted octanol–water partition coefficient (Wildman–Crippen LogP) is 13.9. The van der Waals surface area contributed by atoms with Crippen LogP contribution >= 0.6 is 0 Å². The summed E-state index contributed by atoms with van der Waals surface area (Å²) in [6, 6.07) is 66.6. The molecule has 0 N–H and O–H groups in total. The zero-order chi connectivity index (χ0) is 34.5. The maximum atomic E-state index is 2.41. The fraction of sp³-hybridized carbons (Fsp3) is 0.0800. The van der Waals surface area contributed by atoms with Gasteiger partial charge in [0.25, 0.3) is 0 Å². The summed E-state index contributed by atoms with van der Waals surface area (Å²) in [6.45, 7) is 6.91. The van der Waals surface area contributed by atoms with Crippen molar-refractivity contribution in [1.82, 2.24) is 0 Å². The van der Waals surface area contributed by atoms with E-state index < -0.39 is 0 Å². The van der Waals surface area contributed by atoms with Crippen LogP contribution in [0.15, 0.2) is 182 Å². The largest absolute Gasteiger partial charge is 0.310 e. The molecule has 0 bridgehead atoms. The van der Waals surface area contributed by atoms with Gasteiger partial charge in [0.2, 0.25) is 0 Å². The van der Waals surface area contributed by atoms with E-state index in [-0.39, 0.29) is 5.41 Å². The molecule has 0 amide bonds. The van der Waals surface area contributed by atoms with Gasteiger partial charge in [0, 0.05) is 22.5 Å². The monoisotopic (exact) mass is 653 g/mol. The number of benzene rings is 8. The molecule has 0 radical (unpaired) electrons. The molecule has 1 aliphatic rings. The second-order valence-electron chi connectivity index (χ2n) is 14.2. The Morgan fingerprint density at radius 3 is 1.69 bits per heavy atom. The highest BCUT2D eigenvalue weighted by Crippen LogP contribution is 2.51. The van der Waals surface area contributed by atoms with Gasteiger partial charge in [-0.25, -0.2) is 0 Å². The van der Waals surface area contributed by atoms with Crippen LogP contribution < -0.4 is 4.90 Å². The average molecular weight is 654 g/mol. The Bertz CT molecular complexity index is 2540. The molecule has 0 unspecified atom stereocenters. The van der Waals surface area contributed by atoms with Gasteiger partial charge in [-0.1, -0.05) is 159 Å². The van der Waals surface area contributed by atoms with E-state index in [1.807, 2.05) is 0 Å². The van der Waals surface area contributed by atoms with E-state index in [1.54, 1.807) is 0 Å². The van der Waals surface area contributed by atoms with Crippen LogP contribution in [0.4, 0.5) is 17.1 Å². The highest BCUT2D eigenvalue weighted by atomic mass is 15.1. The second kappa shape index (κ2) is 12.3. The van der Waals surface area contributed by atoms with Crippen LogP contribution in [-0.2, 0) is 5.41 Å². The number of aryl methyl sites for hydroxylation is 1. The average Bonchev–Trinajstić information content (AvgIpc) is 3.41. The van der Waals surface area contributed by atoms with Gasteiger partial charge in [0.1, 0.15) is 0 Å². The van der Waals surface area contributed by atoms with Gasteiger partial charge < -0.3 is 4.90 Å². The standard InChI is InChI=1S/C50H39N/c1-34-13-7-9-17-42(34)49-43-18-10-8-16-37(43)25-31-44(49)38-23-28-40(29-24-38)51(39-26-21-36(22-27-39)35-14-5-4-6-15-35)41-30-32-46-45-19-11-12-20-47(45)50(2,3)48(46)33-41/h4-33H,1-3H3. The molecule has 1 heteroatoms. The molecule has 51 heavy (non-hydrogen) atoms. The van der Waals surface area contributed by atoms with Crippen LogP contribution in [0, 0.1) is 6.92 Å². The van der Waals surface area contributed by atoms with Crippen LogP contribution in [0.5, 0.6) is 0 Å². The molecule has 9 rings (SSSR count). The maximum absolute atomic E-state index is 2.41. The predicted molar refractivity (Wildman–Crippen MR) is 217 cm³/mol. The van der Waals surface area contributed by atoms with E-state index in [1.165, 1.54) is 72.0 Å². The molecule has 0 spiro atoms. The van der Waals surface area contributed by atoms with Crippen molar-refractivity contribution in [3.8, 4) is 44.5 Å². The first kappa shape index (κ1) is 30.8. The number of hydrogen-bond donors (Lipinski definition) is 0. The third-order valence-electron chi connectivity index (χ3n) is 10.8. The Labute approximate surface area is 301 Å². The zero-order valence-electron chi connectivity index (χ0n) is 29.3. The Balaban J connectivity index is 1.18. The molecular weight excluding hydrogens is 615 g/mol. The lowest BCUT2D eigenvalue weighted by Gasteiger charge is -2.28. The quantitative estimate of drug-likeness (QED) is 0.173. The van der Waals surface area contributed by atoms with E-state index in [4.69, 9.17) is 0 Å². The molecule has 8 aromatic carbocycles. The van der Waals surface area contributed by atoms with Crippen molar-refractivity contribution in [2.24, 2.45) is 0 Å². The van der Waals surface area contributed by atoms with Crippen molar-refractivity contribution in [3.63, 3.8) is 0 Å². The molecule has 0 saturated carbocycles. The van der Waals surface area contributed by atoms with Gasteiger partial charge >= 0.3 is 0 Å². The van der Waals surface area contributed by atoms with Gasteiger partial charge in [-0.15, -0.1) is 0 Å². The van der Waals surface area contributed by atoms with Crippen LogP contribution in [0.1, 0.15) is 30.5 Å². The minimum absolute atomic E-state index is 0.0866. The molecule has 1 nitrogen and oxygen atoms in total. The van der Waals surface area contributed by atoms with Crippen molar-refractivity contribution in [1.29, 1.82) is 0 Å². The second-order valence-corrected chi connectivity index (χ2v) is 14.2. The van der Waals surface area contributed by atoms with Gasteiger partial charge in [0.15, 0.2) is 0 Å².